The molecule has 0 amide bonds. The van der Waals surface area contributed by atoms with E-state index in [4.69, 9.17) is 4.74 Å². The third-order valence-electron chi connectivity index (χ3n) is 3.54. The highest BCUT2D eigenvalue weighted by molar-refractivity contribution is 7.13. The number of aryl methyl sites for hydroxylation is 2. The highest BCUT2D eigenvalue weighted by atomic mass is 32.1. The van der Waals surface area contributed by atoms with E-state index in [2.05, 4.69) is 30.4 Å². The summed E-state index contributed by atoms with van der Waals surface area (Å²) in [6.07, 6.45) is 0. The van der Waals surface area contributed by atoms with E-state index in [9.17, 15) is 4.79 Å². The molecule has 126 valence electrons. The van der Waals surface area contributed by atoms with Gasteiger partial charge in [0, 0.05) is 5.38 Å². The molecular weight excluding hydrogens is 330 g/mol. The van der Waals surface area contributed by atoms with Gasteiger partial charge < -0.3 is 4.74 Å². The number of nitrogens with zero attached hydrogens (tertiary/aromatic N) is 6. The van der Waals surface area contributed by atoms with Crippen LogP contribution in [0.15, 0.2) is 15.6 Å². The fourth-order valence-corrected chi connectivity index (χ4v) is 2.90. The molecule has 0 bridgehead atoms. The van der Waals surface area contributed by atoms with Gasteiger partial charge in [0.25, 0.3) is 0 Å². The van der Waals surface area contributed by atoms with Crippen molar-refractivity contribution in [1.82, 2.24) is 24.8 Å². The van der Waals surface area contributed by atoms with Crippen LogP contribution >= 0.6 is 11.3 Å². The molecular formula is C14H17N7O2S. The number of thiazole rings is 1. The fourth-order valence-electron chi connectivity index (χ4n) is 2.28. The fraction of sp³-hybridized carbons (Fsp3) is 0.429. The van der Waals surface area contributed by atoms with Crippen LogP contribution in [0.4, 0.5) is 10.8 Å². The standard InChI is InChI=1S/C14H17N7O2S/c1-7-6-24-13(15-7)18-17-9-10(14(3,4)12(22)23-5)20-21-11(9)16-8(2)19-21/h6,20H,1-5H3. The number of fused-ring (bicyclic) bond motifs is 1. The zero-order valence-corrected chi connectivity index (χ0v) is 14.8. The quantitative estimate of drug-likeness (QED) is 0.576. The van der Waals surface area contributed by atoms with Crippen LogP contribution in [-0.2, 0) is 14.9 Å². The van der Waals surface area contributed by atoms with Crippen molar-refractivity contribution in [1.29, 1.82) is 0 Å². The van der Waals surface area contributed by atoms with E-state index >= 15 is 0 Å². The molecule has 0 aromatic carbocycles. The summed E-state index contributed by atoms with van der Waals surface area (Å²) in [6.45, 7) is 7.14. The molecule has 9 nitrogen and oxygen atoms in total. The van der Waals surface area contributed by atoms with Crippen molar-refractivity contribution in [2.75, 3.05) is 7.11 Å². The van der Waals surface area contributed by atoms with E-state index in [-0.39, 0.29) is 0 Å². The number of carbonyl (C=O) groups excluding carboxylic acids is 1. The van der Waals surface area contributed by atoms with Gasteiger partial charge in [0.1, 0.15) is 11.2 Å². The average molecular weight is 347 g/mol. The Bertz CT molecular complexity index is 934. The summed E-state index contributed by atoms with van der Waals surface area (Å²) < 4.78 is 6.38. The smallest absolute Gasteiger partial charge is 0.317 e. The number of nitrogens with one attached hydrogen (secondary N) is 1. The highest BCUT2D eigenvalue weighted by Crippen LogP contribution is 2.36. The molecule has 0 aliphatic heterocycles. The van der Waals surface area contributed by atoms with Crippen molar-refractivity contribution in [2.45, 2.75) is 33.1 Å². The summed E-state index contributed by atoms with van der Waals surface area (Å²) in [6, 6.07) is 0. The monoisotopic (exact) mass is 347 g/mol. The van der Waals surface area contributed by atoms with Crippen LogP contribution in [0.5, 0.6) is 0 Å². The highest BCUT2D eigenvalue weighted by Gasteiger charge is 2.37. The van der Waals surface area contributed by atoms with E-state index in [1.807, 2.05) is 12.3 Å². The van der Waals surface area contributed by atoms with Crippen molar-refractivity contribution >= 4 is 33.8 Å². The Balaban J connectivity index is 2.14. The largest absolute Gasteiger partial charge is 0.468 e. The van der Waals surface area contributed by atoms with Gasteiger partial charge in [0.2, 0.25) is 10.8 Å². The molecule has 10 heteroatoms. The maximum Gasteiger partial charge on any atom is 0.317 e. The number of aromatic nitrogens is 5. The number of esters is 1. The van der Waals surface area contributed by atoms with Crippen LogP contribution in [0.3, 0.4) is 0 Å². The Kier molecular flexibility index (Phi) is 3.91. The summed E-state index contributed by atoms with van der Waals surface area (Å²) in [5.74, 6) is 0.190. The summed E-state index contributed by atoms with van der Waals surface area (Å²) in [7, 11) is 1.35. The Morgan fingerprint density at radius 2 is 2.08 bits per heavy atom. The normalized spacial score (nSPS) is 12.4. The topological polar surface area (TPSA) is 110 Å². The lowest BCUT2D eigenvalue weighted by Gasteiger charge is -2.20. The average Bonchev–Trinajstić information content (AvgIpc) is 3.18. The van der Waals surface area contributed by atoms with E-state index < -0.39 is 11.4 Å². The summed E-state index contributed by atoms with van der Waals surface area (Å²) in [5.41, 5.74) is 1.39. The first-order valence-electron chi connectivity index (χ1n) is 7.21. The first kappa shape index (κ1) is 16.2. The van der Waals surface area contributed by atoms with Gasteiger partial charge in [0.15, 0.2) is 5.69 Å². The lowest BCUT2D eigenvalue weighted by atomic mass is 9.88. The van der Waals surface area contributed by atoms with E-state index in [0.29, 0.717) is 28.0 Å². The molecule has 1 N–H and O–H groups in total. The number of methoxy groups -OCH3 is 1. The van der Waals surface area contributed by atoms with Gasteiger partial charge in [-0.2, -0.15) is 4.63 Å². The van der Waals surface area contributed by atoms with Gasteiger partial charge in [-0.05, 0) is 27.7 Å². The molecule has 0 atom stereocenters. The van der Waals surface area contributed by atoms with E-state index in [1.165, 1.54) is 23.1 Å². The number of hydrogen-bond acceptors (Lipinski definition) is 8. The molecule has 0 saturated carbocycles. The van der Waals surface area contributed by atoms with Crippen LogP contribution in [0.2, 0.25) is 0 Å². The van der Waals surface area contributed by atoms with E-state index in [1.54, 1.807) is 20.8 Å². The van der Waals surface area contributed by atoms with Gasteiger partial charge in [-0.1, -0.05) is 0 Å². The van der Waals surface area contributed by atoms with Crippen LogP contribution in [0.1, 0.15) is 31.1 Å². The lowest BCUT2D eigenvalue weighted by Crippen LogP contribution is -2.31. The third-order valence-corrected chi connectivity index (χ3v) is 4.39. The Morgan fingerprint density at radius 1 is 1.33 bits per heavy atom. The summed E-state index contributed by atoms with van der Waals surface area (Å²) >= 11 is 1.39. The molecule has 24 heavy (non-hydrogen) atoms. The molecule has 0 aliphatic rings. The number of rotatable bonds is 4. The number of carbonyl (C=O) groups is 1. The van der Waals surface area contributed by atoms with Gasteiger partial charge in [-0.3, -0.25) is 9.89 Å². The molecule has 0 saturated heterocycles. The number of hydrogen-bond donors (Lipinski definition) is 1. The summed E-state index contributed by atoms with van der Waals surface area (Å²) in [4.78, 5) is 20.8. The Labute approximate surface area is 141 Å². The zero-order chi connectivity index (χ0) is 17.5. The van der Waals surface area contributed by atoms with Crippen LogP contribution in [-0.4, -0.2) is 37.9 Å². The second kappa shape index (κ2) is 5.78. The number of aromatic amines is 1. The molecule has 0 fully saturated rings. The predicted molar refractivity (Wildman–Crippen MR) is 88.1 cm³/mol. The van der Waals surface area contributed by atoms with Crippen LogP contribution < -0.4 is 0 Å². The van der Waals surface area contributed by atoms with Crippen LogP contribution in [0.25, 0.3) is 5.65 Å². The van der Waals surface area contributed by atoms with E-state index in [0.717, 1.165) is 5.69 Å². The molecule has 3 heterocycles. The maximum absolute atomic E-state index is 12.2. The second-order valence-corrected chi connectivity index (χ2v) is 6.65. The molecule has 3 aromatic rings. The van der Waals surface area contributed by atoms with Crippen molar-refractivity contribution in [2.24, 2.45) is 10.2 Å². The second-order valence-electron chi connectivity index (χ2n) is 5.82. The number of H-pyrrole nitrogens is 1. The minimum atomic E-state index is -0.960. The van der Waals surface area contributed by atoms with Gasteiger partial charge in [-0.25, -0.2) is 9.97 Å². The molecule has 0 spiro atoms. The Morgan fingerprint density at radius 3 is 2.71 bits per heavy atom. The minimum absolute atomic E-state index is 0.398. The van der Waals surface area contributed by atoms with Crippen LogP contribution in [0, 0.1) is 13.8 Å². The number of azo groups is 1. The number of ether oxygens (including phenoxy) is 1. The van der Waals surface area contributed by atoms with Gasteiger partial charge in [0.05, 0.1) is 18.5 Å². The minimum Gasteiger partial charge on any atom is -0.468 e. The lowest BCUT2D eigenvalue weighted by molar-refractivity contribution is -0.146. The summed E-state index contributed by atoms with van der Waals surface area (Å²) in [5, 5.41) is 18.2. The first-order chi connectivity index (χ1) is 11.3. The zero-order valence-electron chi connectivity index (χ0n) is 14.0. The molecule has 0 unspecified atom stereocenters. The SMILES string of the molecule is COC(=O)C(C)(C)c1[nH]n2nc(C)nc2c1N=Nc1nc(C)cs1. The van der Waals surface area contributed by atoms with Gasteiger partial charge >= 0.3 is 5.97 Å². The van der Waals surface area contributed by atoms with Crippen molar-refractivity contribution in [3.8, 4) is 0 Å². The van der Waals surface area contributed by atoms with Crippen molar-refractivity contribution < 1.29 is 9.53 Å². The van der Waals surface area contributed by atoms with Crippen molar-refractivity contribution in [3.05, 3.63) is 22.6 Å². The van der Waals surface area contributed by atoms with Crippen molar-refractivity contribution in [3.63, 3.8) is 0 Å². The molecule has 3 aromatic heterocycles. The maximum atomic E-state index is 12.2. The molecule has 0 aliphatic carbocycles. The predicted octanol–water partition coefficient (Wildman–Crippen LogP) is 3.00. The third kappa shape index (κ3) is 2.68. The molecule has 0 radical (unpaired) electrons. The first-order valence-corrected chi connectivity index (χ1v) is 8.09. The molecule has 3 rings (SSSR count). The van der Waals surface area contributed by atoms with Gasteiger partial charge in [-0.15, -0.1) is 26.7 Å². The Hall–Kier alpha value is -2.62.